The third kappa shape index (κ3) is 15.2. The maximum Gasteiger partial charge on any atom is 0.249 e. The molecule has 0 aromatic carbocycles. The second-order valence-corrected chi connectivity index (χ2v) is 8.69. The van der Waals surface area contributed by atoms with Gasteiger partial charge in [0.2, 0.25) is 5.91 Å². The van der Waals surface area contributed by atoms with Crippen LogP contribution in [0.1, 0.15) is 117 Å². The van der Waals surface area contributed by atoms with E-state index in [-0.39, 0.29) is 0 Å². The molecule has 5 N–H and O–H groups in total. The van der Waals surface area contributed by atoms with E-state index >= 15 is 0 Å². The SMILES string of the molecule is CCCCCCCCCCCCC(O)C(=O)NC(CO)C(O)C(O)CCCCCC. The summed E-state index contributed by atoms with van der Waals surface area (Å²) in [7, 11) is 0. The first kappa shape index (κ1) is 29.3. The summed E-state index contributed by atoms with van der Waals surface area (Å²) in [6, 6.07) is -0.971. The second-order valence-electron chi connectivity index (χ2n) is 8.69. The first-order valence-electron chi connectivity index (χ1n) is 12.4. The predicted molar refractivity (Wildman–Crippen MR) is 122 cm³/mol. The molecule has 0 saturated carbocycles. The molecule has 0 aliphatic heterocycles. The third-order valence-corrected chi connectivity index (χ3v) is 5.82. The normalized spacial score (nSPS) is 15.5. The minimum atomic E-state index is -1.25. The number of amides is 1. The Morgan fingerprint density at radius 2 is 1.13 bits per heavy atom. The quantitative estimate of drug-likeness (QED) is 0.177. The maximum absolute atomic E-state index is 12.2. The van der Waals surface area contributed by atoms with E-state index in [4.69, 9.17) is 0 Å². The highest BCUT2D eigenvalue weighted by Crippen LogP contribution is 2.13. The molecule has 30 heavy (non-hydrogen) atoms. The Morgan fingerprint density at radius 3 is 1.63 bits per heavy atom. The van der Waals surface area contributed by atoms with Gasteiger partial charge in [-0.2, -0.15) is 0 Å². The molecule has 0 aliphatic rings. The van der Waals surface area contributed by atoms with Gasteiger partial charge in [0.05, 0.1) is 18.8 Å². The summed E-state index contributed by atoms with van der Waals surface area (Å²) in [5.41, 5.74) is 0. The number of aliphatic hydroxyl groups is 4. The van der Waals surface area contributed by atoms with Crippen LogP contribution in [0.3, 0.4) is 0 Å². The van der Waals surface area contributed by atoms with Crippen molar-refractivity contribution in [3.63, 3.8) is 0 Å². The first-order chi connectivity index (χ1) is 14.5. The Labute approximate surface area is 184 Å². The summed E-state index contributed by atoms with van der Waals surface area (Å²) in [6.07, 6.45) is 13.2. The molecule has 0 saturated heterocycles. The molecule has 0 fully saturated rings. The molecular formula is C24H49NO5. The molecule has 0 heterocycles. The number of nitrogens with one attached hydrogen (secondary N) is 1. The molecule has 0 aliphatic carbocycles. The van der Waals surface area contributed by atoms with Crippen LogP contribution in [0.25, 0.3) is 0 Å². The lowest BCUT2D eigenvalue weighted by molar-refractivity contribution is -0.132. The first-order valence-corrected chi connectivity index (χ1v) is 12.4. The van der Waals surface area contributed by atoms with Gasteiger partial charge < -0.3 is 25.7 Å². The van der Waals surface area contributed by atoms with Crippen molar-refractivity contribution in [2.24, 2.45) is 0 Å². The topological polar surface area (TPSA) is 110 Å². The lowest BCUT2D eigenvalue weighted by Gasteiger charge is -2.27. The molecule has 1 amide bonds. The van der Waals surface area contributed by atoms with Crippen molar-refractivity contribution in [1.82, 2.24) is 5.32 Å². The van der Waals surface area contributed by atoms with Gasteiger partial charge in [-0.25, -0.2) is 0 Å². The maximum atomic E-state index is 12.2. The third-order valence-electron chi connectivity index (χ3n) is 5.82. The van der Waals surface area contributed by atoms with Crippen molar-refractivity contribution < 1.29 is 25.2 Å². The molecule has 4 atom stereocenters. The lowest BCUT2D eigenvalue weighted by Crippen LogP contribution is -2.53. The van der Waals surface area contributed by atoms with Crippen molar-refractivity contribution in [3.8, 4) is 0 Å². The van der Waals surface area contributed by atoms with Crippen LogP contribution in [-0.2, 0) is 4.79 Å². The zero-order valence-corrected chi connectivity index (χ0v) is 19.5. The predicted octanol–water partition coefficient (Wildman–Crippen LogP) is 3.83. The van der Waals surface area contributed by atoms with E-state index in [1.165, 1.54) is 44.9 Å². The lowest BCUT2D eigenvalue weighted by atomic mass is 9.99. The van der Waals surface area contributed by atoms with Crippen LogP contribution in [-0.4, -0.2) is 57.3 Å². The largest absolute Gasteiger partial charge is 0.394 e. The van der Waals surface area contributed by atoms with E-state index in [9.17, 15) is 25.2 Å². The van der Waals surface area contributed by atoms with E-state index < -0.39 is 36.9 Å². The molecule has 0 rings (SSSR count). The van der Waals surface area contributed by atoms with Gasteiger partial charge in [0.25, 0.3) is 0 Å². The summed E-state index contributed by atoms with van der Waals surface area (Å²) >= 11 is 0. The standard InChI is InChI=1S/C24H49NO5/c1-3-5-7-9-10-11-12-13-14-16-18-22(28)24(30)25-20(19-26)23(29)21(27)17-15-8-6-4-2/h20-23,26-29H,3-19H2,1-2H3,(H,25,30). The Morgan fingerprint density at radius 1 is 0.700 bits per heavy atom. The van der Waals surface area contributed by atoms with Crippen LogP contribution in [0.4, 0.5) is 0 Å². The number of carbonyl (C=O) groups is 1. The molecular weight excluding hydrogens is 382 g/mol. The summed E-state index contributed by atoms with van der Waals surface area (Å²) in [4.78, 5) is 12.2. The highest BCUT2D eigenvalue weighted by Gasteiger charge is 2.28. The summed E-state index contributed by atoms with van der Waals surface area (Å²) in [6.45, 7) is 3.84. The van der Waals surface area contributed by atoms with Crippen LogP contribution < -0.4 is 5.32 Å². The number of carbonyl (C=O) groups excluding carboxylic acids is 1. The smallest absolute Gasteiger partial charge is 0.249 e. The van der Waals surface area contributed by atoms with Crippen molar-refractivity contribution in [1.29, 1.82) is 0 Å². The Bertz CT molecular complexity index is 394. The van der Waals surface area contributed by atoms with Crippen LogP contribution in [0, 0.1) is 0 Å². The van der Waals surface area contributed by atoms with Gasteiger partial charge in [0.15, 0.2) is 0 Å². The van der Waals surface area contributed by atoms with Crippen molar-refractivity contribution >= 4 is 5.91 Å². The highest BCUT2D eigenvalue weighted by molar-refractivity contribution is 5.80. The van der Waals surface area contributed by atoms with Gasteiger partial charge >= 0.3 is 0 Å². The average molecular weight is 432 g/mol. The van der Waals surface area contributed by atoms with Gasteiger partial charge in [-0.3, -0.25) is 4.79 Å². The number of hydrogen-bond acceptors (Lipinski definition) is 5. The van der Waals surface area contributed by atoms with E-state index in [2.05, 4.69) is 19.2 Å². The van der Waals surface area contributed by atoms with E-state index in [0.29, 0.717) is 12.8 Å². The molecule has 0 radical (unpaired) electrons. The monoisotopic (exact) mass is 431 g/mol. The van der Waals surface area contributed by atoms with Gasteiger partial charge in [-0.05, 0) is 12.8 Å². The van der Waals surface area contributed by atoms with Crippen molar-refractivity contribution in [3.05, 3.63) is 0 Å². The number of rotatable bonds is 21. The Balaban J connectivity index is 3.96. The van der Waals surface area contributed by atoms with E-state index in [0.717, 1.165) is 44.9 Å². The van der Waals surface area contributed by atoms with Gasteiger partial charge in [0.1, 0.15) is 12.2 Å². The molecule has 6 nitrogen and oxygen atoms in total. The van der Waals surface area contributed by atoms with Crippen LogP contribution in [0.15, 0.2) is 0 Å². The van der Waals surface area contributed by atoms with E-state index in [1.807, 2.05) is 0 Å². The summed E-state index contributed by atoms with van der Waals surface area (Å²) < 4.78 is 0. The average Bonchev–Trinajstić information content (AvgIpc) is 2.75. The Hall–Kier alpha value is -0.690. The van der Waals surface area contributed by atoms with Gasteiger partial charge in [-0.15, -0.1) is 0 Å². The molecule has 0 bridgehead atoms. The number of aliphatic hydroxyl groups excluding tert-OH is 4. The Kier molecular flexibility index (Phi) is 19.8. The minimum Gasteiger partial charge on any atom is -0.394 e. The molecule has 0 aromatic heterocycles. The fourth-order valence-electron chi connectivity index (χ4n) is 3.69. The second kappa shape index (κ2) is 20.2. The summed E-state index contributed by atoms with van der Waals surface area (Å²) in [5, 5.41) is 42.4. The zero-order valence-electron chi connectivity index (χ0n) is 19.5. The molecule has 4 unspecified atom stereocenters. The zero-order chi connectivity index (χ0) is 22.6. The molecule has 0 aromatic rings. The van der Waals surface area contributed by atoms with Crippen molar-refractivity contribution in [2.75, 3.05) is 6.61 Å². The van der Waals surface area contributed by atoms with Crippen LogP contribution >= 0.6 is 0 Å². The highest BCUT2D eigenvalue weighted by atomic mass is 16.3. The molecule has 180 valence electrons. The fraction of sp³-hybridized carbons (Fsp3) is 0.958. The minimum absolute atomic E-state index is 0.371. The molecule has 0 spiro atoms. The summed E-state index contributed by atoms with van der Waals surface area (Å²) in [5.74, 6) is -0.595. The van der Waals surface area contributed by atoms with E-state index in [1.54, 1.807) is 0 Å². The van der Waals surface area contributed by atoms with Crippen molar-refractivity contribution in [2.45, 2.75) is 141 Å². The van der Waals surface area contributed by atoms with Gasteiger partial charge in [-0.1, -0.05) is 104 Å². The van der Waals surface area contributed by atoms with Crippen LogP contribution in [0.5, 0.6) is 0 Å². The number of unbranched alkanes of at least 4 members (excludes halogenated alkanes) is 12. The van der Waals surface area contributed by atoms with Gasteiger partial charge in [0, 0.05) is 0 Å². The number of hydrogen-bond donors (Lipinski definition) is 5. The molecule has 6 heteroatoms. The van der Waals surface area contributed by atoms with Crippen LogP contribution in [0.2, 0.25) is 0 Å². The fourth-order valence-corrected chi connectivity index (χ4v) is 3.69.